The van der Waals surface area contributed by atoms with Crippen molar-refractivity contribution in [2.45, 2.75) is 36.6 Å². The highest BCUT2D eigenvalue weighted by molar-refractivity contribution is 7.93. The van der Waals surface area contributed by atoms with Crippen LogP contribution in [0, 0.1) is 0 Å². The molecule has 3 heterocycles. The molecule has 0 radical (unpaired) electrons. The predicted molar refractivity (Wildman–Crippen MR) is 95.4 cm³/mol. The van der Waals surface area contributed by atoms with Crippen molar-refractivity contribution in [1.29, 1.82) is 0 Å². The highest BCUT2D eigenvalue weighted by Gasteiger charge is 2.29. The summed E-state index contributed by atoms with van der Waals surface area (Å²) in [6.07, 6.45) is 6.01. The summed E-state index contributed by atoms with van der Waals surface area (Å²) < 4.78 is 37.1. The first-order chi connectivity index (χ1) is 12.1. The van der Waals surface area contributed by atoms with Gasteiger partial charge in [0, 0.05) is 35.6 Å². The average molecular weight is 380 g/mol. The largest absolute Gasteiger partial charge is 0.493 e. The number of hydrogen-bond acceptors (Lipinski definition) is 7. The Morgan fingerprint density at radius 1 is 1.24 bits per heavy atom. The summed E-state index contributed by atoms with van der Waals surface area (Å²) in [6, 6.07) is 5.47. The Morgan fingerprint density at radius 3 is 2.84 bits per heavy atom. The summed E-state index contributed by atoms with van der Waals surface area (Å²) in [5, 5.41) is 0.254. The maximum Gasteiger partial charge on any atom is 0.263 e. The van der Waals surface area contributed by atoms with Crippen molar-refractivity contribution in [1.82, 2.24) is 14.3 Å². The van der Waals surface area contributed by atoms with E-state index < -0.39 is 10.0 Å². The van der Waals surface area contributed by atoms with Gasteiger partial charge in [0.25, 0.3) is 10.0 Å². The number of fused-ring (bicyclic) bond motifs is 1. The number of piperidine rings is 1. The molecule has 2 aromatic rings. The number of anilines is 1. The minimum Gasteiger partial charge on any atom is -0.493 e. The molecule has 1 N–H and O–H groups in total. The van der Waals surface area contributed by atoms with Gasteiger partial charge in [0.05, 0.1) is 11.5 Å². The van der Waals surface area contributed by atoms with E-state index in [1.54, 1.807) is 12.1 Å². The molecule has 0 spiro atoms. The first-order valence-electron chi connectivity index (χ1n) is 8.44. The quantitative estimate of drug-likeness (QED) is 0.878. The molecule has 4 rings (SSSR count). The van der Waals surface area contributed by atoms with E-state index in [4.69, 9.17) is 4.74 Å². The van der Waals surface area contributed by atoms with Crippen LogP contribution in [0.15, 0.2) is 29.4 Å². The fourth-order valence-electron chi connectivity index (χ4n) is 3.52. The van der Waals surface area contributed by atoms with E-state index in [1.165, 1.54) is 25.6 Å². The number of likely N-dealkylation sites (tertiary alicyclic amines) is 1. The van der Waals surface area contributed by atoms with Crippen LogP contribution in [-0.2, 0) is 10.0 Å². The van der Waals surface area contributed by atoms with Gasteiger partial charge in [-0.3, -0.25) is 9.62 Å². The molecular formula is C16H20N4O3S2. The van der Waals surface area contributed by atoms with Gasteiger partial charge in [0.15, 0.2) is 0 Å². The molecule has 1 aromatic carbocycles. The highest BCUT2D eigenvalue weighted by atomic mass is 32.2. The number of nitrogens with one attached hydrogen (secondary N) is 1. The fourth-order valence-corrected chi connectivity index (χ4v) is 5.20. The Bertz CT molecular complexity index is 833. The van der Waals surface area contributed by atoms with E-state index in [2.05, 4.69) is 19.0 Å². The van der Waals surface area contributed by atoms with E-state index in [0.717, 1.165) is 36.6 Å². The standard InChI is InChI=1S/C16H20N4O3S2/c21-25(22,19-16-17-11-18-24-16)12-4-5-13-14(6-9-23-15(13)10-12)20-7-2-1-3-8-20/h4-5,10-11,14H,1-3,6-9H2,(H,17,18,19)/t14-/m0/s1. The van der Waals surface area contributed by atoms with Crippen molar-refractivity contribution < 1.29 is 13.2 Å². The number of aromatic nitrogens is 2. The zero-order valence-electron chi connectivity index (χ0n) is 13.7. The van der Waals surface area contributed by atoms with Crippen LogP contribution in [0.2, 0.25) is 0 Å². The van der Waals surface area contributed by atoms with Crippen LogP contribution in [0.25, 0.3) is 0 Å². The van der Waals surface area contributed by atoms with Crippen LogP contribution in [0.4, 0.5) is 5.13 Å². The lowest BCUT2D eigenvalue weighted by molar-refractivity contribution is 0.119. The highest BCUT2D eigenvalue weighted by Crippen LogP contribution is 2.38. The molecule has 2 aliphatic heterocycles. The Morgan fingerprint density at radius 2 is 2.08 bits per heavy atom. The predicted octanol–water partition coefficient (Wildman–Crippen LogP) is 2.65. The summed E-state index contributed by atoms with van der Waals surface area (Å²) in [6.45, 7) is 2.81. The zero-order chi connectivity index (χ0) is 17.3. The Labute approximate surface area is 151 Å². The van der Waals surface area contributed by atoms with E-state index >= 15 is 0 Å². The van der Waals surface area contributed by atoms with Crippen molar-refractivity contribution in [3.8, 4) is 5.75 Å². The molecule has 0 aliphatic carbocycles. The van der Waals surface area contributed by atoms with E-state index in [-0.39, 0.29) is 10.0 Å². The van der Waals surface area contributed by atoms with Gasteiger partial charge in [-0.25, -0.2) is 13.4 Å². The van der Waals surface area contributed by atoms with Gasteiger partial charge in [-0.05, 0) is 32.0 Å². The fraction of sp³-hybridized carbons (Fsp3) is 0.500. The number of ether oxygens (including phenoxy) is 1. The zero-order valence-corrected chi connectivity index (χ0v) is 15.4. The van der Waals surface area contributed by atoms with E-state index in [9.17, 15) is 8.42 Å². The smallest absolute Gasteiger partial charge is 0.263 e. The molecule has 1 saturated heterocycles. The third-order valence-electron chi connectivity index (χ3n) is 4.72. The average Bonchev–Trinajstić information content (AvgIpc) is 3.14. The number of rotatable bonds is 4. The second-order valence-electron chi connectivity index (χ2n) is 6.30. The second-order valence-corrected chi connectivity index (χ2v) is 8.76. The topological polar surface area (TPSA) is 84.4 Å². The van der Waals surface area contributed by atoms with Gasteiger partial charge < -0.3 is 4.74 Å². The van der Waals surface area contributed by atoms with Crippen molar-refractivity contribution in [2.75, 3.05) is 24.4 Å². The number of nitrogens with zero attached hydrogens (tertiary/aromatic N) is 3. The third kappa shape index (κ3) is 3.49. The number of hydrogen-bond donors (Lipinski definition) is 1. The SMILES string of the molecule is O=S(=O)(Nc1ncns1)c1ccc2c(c1)OCC[C@@H]2N1CCCCC1. The maximum absolute atomic E-state index is 12.5. The summed E-state index contributed by atoms with van der Waals surface area (Å²) in [4.78, 5) is 6.55. The molecule has 1 aromatic heterocycles. The first kappa shape index (κ1) is 16.7. The monoisotopic (exact) mass is 380 g/mol. The molecule has 7 nitrogen and oxygen atoms in total. The van der Waals surface area contributed by atoms with Crippen molar-refractivity contribution >= 4 is 26.7 Å². The number of benzene rings is 1. The van der Waals surface area contributed by atoms with Crippen LogP contribution in [0.5, 0.6) is 5.75 Å². The van der Waals surface area contributed by atoms with E-state index in [1.807, 2.05) is 6.07 Å². The van der Waals surface area contributed by atoms with Crippen LogP contribution in [0.3, 0.4) is 0 Å². The Kier molecular flexibility index (Phi) is 4.61. The van der Waals surface area contributed by atoms with Crippen molar-refractivity contribution in [2.24, 2.45) is 0 Å². The minimum absolute atomic E-state index is 0.181. The molecule has 1 atom stereocenters. The molecule has 9 heteroatoms. The van der Waals surface area contributed by atoms with Crippen molar-refractivity contribution in [3.63, 3.8) is 0 Å². The summed E-state index contributed by atoms with van der Waals surface area (Å²) in [5.41, 5.74) is 1.09. The lowest BCUT2D eigenvalue weighted by Gasteiger charge is -2.38. The van der Waals surface area contributed by atoms with Gasteiger partial charge in [-0.2, -0.15) is 4.37 Å². The summed E-state index contributed by atoms with van der Waals surface area (Å²) >= 11 is 1.00. The molecule has 0 amide bonds. The Hall–Kier alpha value is -1.71. The minimum atomic E-state index is -3.69. The molecule has 0 bridgehead atoms. The first-order valence-corrected chi connectivity index (χ1v) is 10.7. The van der Waals surface area contributed by atoms with Crippen LogP contribution < -0.4 is 9.46 Å². The van der Waals surface area contributed by atoms with E-state index in [0.29, 0.717) is 18.4 Å². The van der Waals surface area contributed by atoms with Gasteiger partial charge in [0.2, 0.25) is 5.13 Å². The molecular weight excluding hydrogens is 360 g/mol. The number of sulfonamides is 1. The molecule has 134 valence electrons. The van der Waals surface area contributed by atoms with Gasteiger partial charge >= 0.3 is 0 Å². The second kappa shape index (κ2) is 6.89. The van der Waals surface area contributed by atoms with Gasteiger partial charge in [0.1, 0.15) is 12.1 Å². The normalized spacial score (nSPS) is 21.4. The third-order valence-corrected chi connectivity index (χ3v) is 6.76. The molecule has 25 heavy (non-hydrogen) atoms. The molecule has 0 saturated carbocycles. The van der Waals surface area contributed by atoms with Crippen LogP contribution in [-0.4, -0.2) is 42.4 Å². The lowest BCUT2D eigenvalue weighted by Crippen LogP contribution is -2.36. The molecule has 2 aliphatic rings. The summed E-state index contributed by atoms with van der Waals surface area (Å²) in [5.74, 6) is 0.668. The molecule has 1 fully saturated rings. The lowest BCUT2D eigenvalue weighted by atomic mass is 9.97. The summed E-state index contributed by atoms with van der Waals surface area (Å²) in [7, 11) is -3.69. The molecule has 0 unspecified atom stereocenters. The maximum atomic E-state index is 12.5. The van der Waals surface area contributed by atoms with Crippen LogP contribution in [0.1, 0.15) is 37.3 Å². The Balaban J connectivity index is 1.61. The van der Waals surface area contributed by atoms with Gasteiger partial charge in [-0.1, -0.05) is 12.5 Å². The van der Waals surface area contributed by atoms with Gasteiger partial charge in [-0.15, -0.1) is 0 Å². The van der Waals surface area contributed by atoms with Crippen molar-refractivity contribution in [3.05, 3.63) is 30.1 Å². The van der Waals surface area contributed by atoms with Crippen LogP contribution >= 0.6 is 11.5 Å².